The molecular weight excluding hydrogens is 282 g/mol. The molecule has 0 bridgehead atoms. The fraction of sp³-hybridized carbons (Fsp3) is 0.412. The number of aliphatic carboxylic acids is 1. The molecule has 2 unspecified atom stereocenters. The molecule has 0 aromatic heterocycles. The summed E-state index contributed by atoms with van der Waals surface area (Å²) in [6, 6.07) is 7.01. The molecule has 0 radical (unpaired) electrons. The number of nitrogens with zero attached hydrogens (tertiary/aromatic N) is 1. The largest absolute Gasteiger partial charge is 0.481 e. The van der Waals surface area contributed by atoms with Gasteiger partial charge in [-0.15, -0.1) is 0 Å². The summed E-state index contributed by atoms with van der Waals surface area (Å²) in [6.45, 7) is 2.02. The molecule has 1 aromatic rings. The highest BCUT2D eigenvalue weighted by atomic mass is 16.5. The van der Waals surface area contributed by atoms with E-state index in [0.717, 1.165) is 24.0 Å². The predicted molar refractivity (Wildman–Crippen MR) is 83.1 cm³/mol. The Hall–Kier alpha value is -2.30. The standard InChI is InChI=1S/C17H21NO4/c1-3-4-8-14(16(19)20)15-13-9-6-5-7-12(13)10-11-18(15)17(21)22-2/h5-7,9-11,14-15H,3-4,8H2,1-2H3,(H,19,20). The van der Waals surface area contributed by atoms with Crippen molar-refractivity contribution in [1.82, 2.24) is 4.90 Å². The number of fused-ring (bicyclic) bond motifs is 1. The van der Waals surface area contributed by atoms with Crippen molar-refractivity contribution < 1.29 is 19.4 Å². The van der Waals surface area contributed by atoms with E-state index in [2.05, 4.69) is 0 Å². The van der Waals surface area contributed by atoms with Gasteiger partial charge in [0.1, 0.15) is 0 Å². The molecule has 1 N–H and O–H groups in total. The summed E-state index contributed by atoms with van der Waals surface area (Å²) < 4.78 is 4.81. The number of carboxylic acid groups (broad SMARTS) is 1. The number of rotatable bonds is 5. The topological polar surface area (TPSA) is 66.8 Å². The van der Waals surface area contributed by atoms with E-state index < -0.39 is 24.0 Å². The first-order valence-corrected chi connectivity index (χ1v) is 7.46. The molecule has 1 aromatic carbocycles. The summed E-state index contributed by atoms with van der Waals surface area (Å²) in [5, 5.41) is 9.65. The number of carbonyl (C=O) groups is 2. The maximum atomic E-state index is 12.0. The van der Waals surface area contributed by atoms with Crippen LogP contribution in [0.2, 0.25) is 0 Å². The SMILES string of the molecule is CCCCC(C(=O)O)C1c2ccccc2C=CN1C(=O)OC. The highest BCUT2D eigenvalue weighted by molar-refractivity contribution is 5.77. The number of benzene rings is 1. The molecule has 5 heteroatoms. The Morgan fingerprint density at radius 1 is 1.36 bits per heavy atom. The van der Waals surface area contributed by atoms with Gasteiger partial charge in [-0.25, -0.2) is 4.79 Å². The predicted octanol–water partition coefficient (Wildman–Crippen LogP) is 3.67. The van der Waals surface area contributed by atoms with Gasteiger partial charge in [0.2, 0.25) is 0 Å². The maximum Gasteiger partial charge on any atom is 0.414 e. The van der Waals surface area contributed by atoms with Crippen LogP contribution >= 0.6 is 0 Å². The fourth-order valence-electron chi connectivity index (χ4n) is 2.87. The molecule has 1 aliphatic rings. The molecule has 118 valence electrons. The molecule has 0 aliphatic carbocycles. The van der Waals surface area contributed by atoms with Crippen molar-refractivity contribution >= 4 is 18.1 Å². The zero-order valence-electron chi connectivity index (χ0n) is 12.9. The van der Waals surface area contributed by atoms with Crippen LogP contribution < -0.4 is 0 Å². The van der Waals surface area contributed by atoms with Crippen molar-refractivity contribution in [1.29, 1.82) is 0 Å². The molecule has 0 saturated carbocycles. The monoisotopic (exact) mass is 303 g/mol. The molecule has 22 heavy (non-hydrogen) atoms. The number of carboxylic acids is 1. The molecule has 5 nitrogen and oxygen atoms in total. The number of amides is 1. The molecule has 0 fully saturated rings. The Balaban J connectivity index is 2.46. The number of carbonyl (C=O) groups excluding carboxylic acids is 1. The summed E-state index contributed by atoms with van der Waals surface area (Å²) >= 11 is 0. The first-order valence-electron chi connectivity index (χ1n) is 7.46. The summed E-state index contributed by atoms with van der Waals surface area (Å²) in [5.74, 6) is -1.55. The third kappa shape index (κ3) is 3.13. The van der Waals surface area contributed by atoms with E-state index in [1.54, 1.807) is 6.20 Å². The summed E-state index contributed by atoms with van der Waals surface area (Å²) in [6.07, 6.45) is 5.10. The molecule has 2 rings (SSSR count). The second kappa shape index (κ2) is 7.11. The summed E-state index contributed by atoms with van der Waals surface area (Å²) in [7, 11) is 1.30. The van der Waals surface area contributed by atoms with Gasteiger partial charge in [-0.3, -0.25) is 9.69 Å². The Bertz CT molecular complexity index is 582. The normalized spacial score (nSPS) is 17.7. The molecule has 0 saturated heterocycles. The second-order valence-corrected chi connectivity index (χ2v) is 5.35. The first-order chi connectivity index (χ1) is 10.6. The zero-order valence-corrected chi connectivity index (χ0v) is 12.9. The lowest BCUT2D eigenvalue weighted by Gasteiger charge is -2.35. The van der Waals surface area contributed by atoms with Crippen molar-refractivity contribution in [3.8, 4) is 0 Å². The lowest BCUT2D eigenvalue weighted by molar-refractivity contribution is -0.144. The minimum atomic E-state index is -0.891. The molecule has 0 spiro atoms. The van der Waals surface area contributed by atoms with Crippen LogP contribution in [-0.4, -0.2) is 29.2 Å². The zero-order chi connectivity index (χ0) is 16.1. The lowest BCUT2D eigenvalue weighted by atomic mass is 9.84. The Kier molecular flexibility index (Phi) is 5.20. The molecule has 1 aliphatic heterocycles. The molecule has 1 amide bonds. The Labute approximate surface area is 130 Å². The molecule has 2 atom stereocenters. The summed E-state index contributed by atoms with van der Waals surface area (Å²) in [5.41, 5.74) is 1.79. The minimum absolute atomic E-state index is 0.520. The molecule has 1 heterocycles. The van der Waals surface area contributed by atoms with Crippen LogP contribution in [0.3, 0.4) is 0 Å². The van der Waals surface area contributed by atoms with E-state index in [4.69, 9.17) is 4.74 Å². The summed E-state index contributed by atoms with van der Waals surface area (Å²) in [4.78, 5) is 25.2. The maximum absolute atomic E-state index is 12.0. The van der Waals surface area contributed by atoms with E-state index in [1.807, 2.05) is 37.3 Å². The van der Waals surface area contributed by atoms with Gasteiger partial charge >= 0.3 is 12.1 Å². The van der Waals surface area contributed by atoms with Gasteiger partial charge in [0.25, 0.3) is 0 Å². The third-order valence-corrected chi connectivity index (χ3v) is 3.98. The lowest BCUT2D eigenvalue weighted by Crippen LogP contribution is -2.39. The Morgan fingerprint density at radius 2 is 2.09 bits per heavy atom. The van der Waals surface area contributed by atoms with Gasteiger partial charge in [0, 0.05) is 6.20 Å². The van der Waals surface area contributed by atoms with Crippen molar-refractivity contribution in [2.45, 2.75) is 32.2 Å². The van der Waals surface area contributed by atoms with Crippen molar-refractivity contribution in [2.24, 2.45) is 5.92 Å². The van der Waals surface area contributed by atoms with Crippen molar-refractivity contribution in [2.75, 3.05) is 7.11 Å². The fourth-order valence-corrected chi connectivity index (χ4v) is 2.87. The van der Waals surface area contributed by atoms with Gasteiger partial charge in [-0.1, -0.05) is 44.0 Å². The minimum Gasteiger partial charge on any atom is -0.481 e. The van der Waals surface area contributed by atoms with Crippen LogP contribution in [0.4, 0.5) is 4.79 Å². The van der Waals surface area contributed by atoms with Gasteiger partial charge in [0.05, 0.1) is 19.1 Å². The smallest absolute Gasteiger partial charge is 0.414 e. The average Bonchev–Trinajstić information content (AvgIpc) is 2.54. The van der Waals surface area contributed by atoms with E-state index in [1.165, 1.54) is 12.0 Å². The number of hydrogen-bond donors (Lipinski definition) is 1. The number of methoxy groups -OCH3 is 1. The van der Waals surface area contributed by atoms with Gasteiger partial charge in [0.15, 0.2) is 0 Å². The van der Waals surface area contributed by atoms with Gasteiger partial charge in [-0.05, 0) is 23.6 Å². The number of ether oxygens (including phenoxy) is 1. The van der Waals surface area contributed by atoms with Gasteiger partial charge in [-0.2, -0.15) is 0 Å². The highest BCUT2D eigenvalue weighted by Gasteiger charge is 2.38. The van der Waals surface area contributed by atoms with Crippen molar-refractivity contribution in [3.05, 3.63) is 41.6 Å². The Morgan fingerprint density at radius 3 is 2.73 bits per heavy atom. The quantitative estimate of drug-likeness (QED) is 0.901. The molecular formula is C17H21NO4. The van der Waals surface area contributed by atoms with Crippen LogP contribution in [-0.2, 0) is 9.53 Å². The average molecular weight is 303 g/mol. The van der Waals surface area contributed by atoms with E-state index >= 15 is 0 Å². The van der Waals surface area contributed by atoms with Crippen LogP contribution in [0.25, 0.3) is 6.08 Å². The number of unbranched alkanes of at least 4 members (excludes halogenated alkanes) is 1. The van der Waals surface area contributed by atoms with E-state index in [9.17, 15) is 14.7 Å². The van der Waals surface area contributed by atoms with E-state index in [-0.39, 0.29) is 0 Å². The third-order valence-electron chi connectivity index (χ3n) is 3.98. The van der Waals surface area contributed by atoms with Crippen LogP contribution in [0, 0.1) is 5.92 Å². The highest BCUT2D eigenvalue weighted by Crippen LogP contribution is 2.38. The van der Waals surface area contributed by atoms with Crippen LogP contribution in [0.15, 0.2) is 30.5 Å². The van der Waals surface area contributed by atoms with Crippen molar-refractivity contribution in [3.63, 3.8) is 0 Å². The second-order valence-electron chi connectivity index (χ2n) is 5.35. The first kappa shape index (κ1) is 16.1. The van der Waals surface area contributed by atoms with Gasteiger partial charge < -0.3 is 9.84 Å². The van der Waals surface area contributed by atoms with Crippen LogP contribution in [0.5, 0.6) is 0 Å². The van der Waals surface area contributed by atoms with Crippen LogP contribution in [0.1, 0.15) is 43.4 Å². The van der Waals surface area contributed by atoms with E-state index in [0.29, 0.717) is 6.42 Å². The number of hydrogen-bond acceptors (Lipinski definition) is 3.